The second-order valence-electron chi connectivity index (χ2n) is 7.66. The highest BCUT2D eigenvalue weighted by atomic mass is 16.5. The first-order chi connectivity index (χ1) is 13.3. The summed E-state index contributed by atoms with van der Waals surface area (Å²) in [5, 5.41) is 0. The minimum absolute atomic E-state index is 0.725. The van der Waals surface area contributed by atoms with Crippen molar-refractivity contribution in [2.45, 2.75) is 19.3 Å². The Hall–Kier alpha value is -2.04. The molecule has 0 saturated carbocycles. The second kappa shape index (κ2) is 8.77. The number of aryl methyl sites for hydroxylation is 1. The Bertz CT molecular complexity index is 737. The molecule has 0 unspecified atom stereocenters. The van der Waals surface area contributed by atoms with E-state index >= 15 is 0 Å². The maximum Gasteiger partial charge on any atom is 0.161 e. The molecule has 144 valence electrons. The van der Waals surface area contributed by atoms with E-state index in [-0.39, 0.29) is 0 Å². The minimum atomic E-state index is 0.725. The lowest BCUT2D eigenvalue weighted by atomic mass is 10.0. The van der Waals surface area contributed by atoms with E-state index in [0.29, 0.717) is 0 Å². The third-order valence-corrected chi connectivity index (χ3v) is 5.57. The van der Waals surface area contributed by atoms with Gasteiger partial charge in [-0.05, 0) is 55.3 Å². The highest BCUT2D eigenvalue weighted by molar-refractivity contribution is 5.67. The highest BCUT2D eigenvalue weighted by Gasteiger charge is 2.13. The number of rotatable bonds is 5. The Morgan fingerprint density at radius 2 is 1.52 bits per heavy atom. The lowest BCUT2D eigenvalue weighted by molar-refractivity contribution is 0.153. The molecule has 0 N–H and O–H groups in total. The fourth-order valence-electron chi connectivity index (χ4n) is 3.78. The van der Waals surface area contributed by atoms with E-state index in [9.17, 15) is 0 Å². The summed E-state index contributed by atoms with van der Waals surface area (Å²) >= 11 is 0. The van der Waals surface area contributed by atoms with Crippen LogP contribution in [-0.4, -0.2) is 62.8 Å². The summed E-state index contributed by atoms with van der Waals surface area (Å²) in [6, 6.07) is 15.2. The van der Waals surface area contributed by atoms with Crippen LogP contribution in [0.3, 0.4) is 0 Å². The highest BCUT2D eigenvalue weighted by Crippen LogP contribution is 2.34. The molecular formula is C23H30N2O2. The fourth-order valence-corrected chi connectivity index (χ4v) is 3.78. The molecule has 2 aliphatic rings. The molecule has 2 heterocycles. The number of nitrogens with zero attached hydrogens (tertiary/aromatic N) is 2. The molecule has 2 aromatic rings. The van der Waals surface area contributed by atoms with E-state index < -0.39 is 0 Å². The molecular weight excluding hydrogens is 336 g/mol. The van der Waals surface area contributed by atoms with Crippen molar-refractivity contribution in [3.05, 3.63) is 48.0 Å². The van der Waals surface area contributed by atoms with Crippen LogP contribution in [-0.2, 0) is 6.42 Å². The van der Waals surface area contributed by atoms with Gasteiger partial charge in [0.25, 0.3) is 0 Å². The van der Waals surface area contributed by atoms with Crippen LogP contribution in [0.25, 0.3) is 11.1 Å². The minimum Gasteiger partial charge on any atom is -0.490 e. The van der Waals surface area contributed by atoms with Gasteiger partial charge in [-0.3, -0.25) is 0 Å². The summed E-state index contributed by atoms with van der Waals surface area (Å²) in [5.74, 6) is 1.72. The first-order valence-electron chi connectivity index (χ1n) is 10.2. The Labute approximate surface area is 162 Å². The Kier molecular flexibility index (Phi) is 5.95. The van der Waals surface area contributed by atoms with Gasteiger partial charge in [0, 0.05) is 32.6 Å². The van der Waals surface area contributed by atoms with Gasteiger partial charge in [-0.2, -0.15) is 0 Å². The van der Waals surface area contributed by atoms with E-state index in [4.69, 9.17) is 9.47 Å². The summed E-state index contributed by atoms with van der Waals surface area (Å²) in [4.78, 5) is 5.00. The maximum atomic E-state index is 5.82. The predicted octanol–water partition coefficient (Wildman–Crippen LogP) is 3.69. The maximum absolute atomic E-state index is 5.82. The molecule has 0 radical (unpaired) electrons. The molecule has 2 aromatic carbocycles. The average Bonchev–Trinajstić information content (AvgIpc) is 2.95. The van der Waals surface area contributed by atoms with Gasteiger partial charge in [0.15, 0.2) is 11.5 Å². The van der Waals surface area contributed by atoms with Gasteiger partial charge in [-0.25, -0.2) is 0 Å². The van der Waals surface area contributed by atoms with Crippen LogP contribution >= 0.6 is 0 Å². The number of benzene rings is 2. The van der Waals surface area contributed by atoms with Crippen molar-refractivity contribution >= 4 is 0 Å². The average molecular weight is 367 g/mol. The largest absolute Gasteiger partial charge is 0.490 e. The van der Waals surface area contributed by atoms with Gasteiger partial charge in [0.05, 0.1) is 13.2 Å². The van der Waals surface area contributed by atoms with Crippen molar-refractivity contribution in [3.8, 4) is 22.6 Å². The molecule has 0 amide bonds. The monoisotopic (exact) mass is 366 g/mol. The van der Waals surface area contributed by atoms with Crippen molar-refractivity contribution in [1.29, 1.82) is 0 Å². The third kappa shape index (κ3) is 4.82. The van der Waals surface area contributed by atoms with E-state index in [1.54, 1.807) is 0 Å². The Morgan fingerprint density at radius 1 is 0.815 bits per heavy atom. The first-order valence-corrected chi connectivity index (χ1v) is 10.2. The molecule has 4 rings (SSSR count). The number of piperazine rings is 1. The van der Waals surface area contributed by atoms with Crippen molar-refractivity contribution in [2.75, 3.05) is 53.0 Å². The van der Waals surface area contributed by atoms with Crippen LogP contribution in [0.1, 0.15) is 18.4 Å². The number of fused-ring (bicyclic) bond motifs is 1. The Morgan fingerprint density at radius 3 is 2.30 bits per heavy atom. The van der Waals surface area contributed by atoms with Gasteiger partial charge >= 0.3 is 0 Å². The van der Waals surface area contributed by atoms with Crippen LogP contribution in [0.2, 0.25) is 0 Å². The summed E-state index contributed by atoms with van der Waals surface area (Å²) in [7, 11) is 2.21. The van der Waals surface area contributed by atoms with Gasteiger partial charge < -0.3 is 19.3 Å². The molecule has 0 bridgehead atoms. The zero-order valence-corrected chi connectivity index (χ0v) is 16.3. The molecule has 0 aliphatic carbocycles. The summed E-state index contributed by atoms with van der Waals surface area (Å²) in [5.41, 5.74) is 3.83. The van der Waals surface area contributed by atoms with Crippen molar-refractivity contribution in [1.82, 2.24) is 9.80 Å². The van der Waals surface area contributed by atoms with E-state index in [1.807, 2.05) is 6.07 Å². The number of likely N-dealkylation sites (N-methyl/N-ethyl adjacent to an activating group) is 1. The zero-order valence-electron chi connectivity index (χ0n) is 16.3. The van der Waals surface area contributed by atoms with E-state index in [1.165, 1.54) is 55.8 Å². The molecule has 1 fully saturated rings. The second-order valence-corrected chi connectivity index (χ2v) is 7.66. The lowest BCUT2D eigenvalue weighted by Crippen LogP contribution is -2.44. The topological polar surface area (TPSA) is 24.9 Å². The summed E-state index contributed by atoms with van der Waals surface area (Å²) in [6.07, 6.45) is 3.31. The fraction of sp³-hybridized carbons (Fsp3) is 0.478. The van der Waals surface area contributed by atoms with Crippen LogP contribution in [0.4, 0.5) is 0 Å². The van der Waals surface area contributed by atoms with Crippen molar-refractivity contribution in [2.24, 2.45) is 0 Å². The predicted molar refractivity (Wildman–Crippen MR) is 110 cm³/mol. The van der Waals surface area contributed by atoms with Crippen LogP contribution in [0.15, 0.2) is 42.5 Å². The van der Waals surface area contributed by atoms with Crippen LogP contribution in [0, 0.1) is 0 Å². The normalized spacial score (nSPS) is 18.3. The zero-order chi connectivity index (χ0) is 18.5. The molecule has 1 saturated heterocycles. The molecule has 0 aromatic heterocycles. The van der Waals surface area contributed by atoms with E-state index in [2.05, 4.69) is 53.2 Å². The van der Waals surface area contributed by atoms with Gasteiger partial charge in [-0.1, -0.05) is 30.3 Å². The molecule has 4 nitrogen and oxygen atoms in total. The lowest BCUT2D eigenvalue weighted by Gasteiger charge is -2.32. The first kappa shape index (κ1) is 18.3. The molecule has 0 atom stereocenters. The third-order valence-electron chi connectivity index (χ3n) is 5.57. The van der Waals surface area contributed by atoms with Gasteiger partial charge in [0.1, 0.15) is 0 Å². The van der Waals surface area contributed by atoms with Crippen LogP contribution < -0.4 is 9.47 Å². The molecule has 27 heavy (non-hydrogen) atoms. The molecule has 4 heteroatoms. The van der Waals surface area contributed by atoms with Crippen molar-refractivity contribution in [3.63, 3.8) is 0 Å². The van der Waals surface area contributed by atoms with Crippen molar-refractivity contribution < 1.29 is 9.47 Å². The Balaban J connectivity index is 1.33. The molecule has 2 aliphatic heterocycles. The SMILES string of the molecule is CN1CCN(CCCc2ccc(-c3ccc4c(c3)OCCCO4)cc2)CC1. The standard InChI is InChI=1S/C23H30N2O2/c1-24-12-14-25(15-13-24)11-2-4-19-5-7-20(8-6-19)21-9-10-22-23(18-21)27-17-3-16-26-22/h5-10,18H,2-4,11-17H2,1H3. The molecule has 0 spiro atoms. The van der Waals surface area contributed by atoms with E-state index in [0.717, 1.165) is 37.6 Å². The summed E-state index contributed by atoms with van der Waals surface area (Å²) in [6.45, 7) is 7.48. The summed E-state index contributed by atoms with van der Waals surface area (Å²) < 4.78 is 11.5. The van der Waals surface area contributed by atoms with Crippen LogP contribution in [0.5, 0.6) is 11.5 Å². The quantitative estimate of drug-likeness (QED) is 0.806. The van der Waals surface area contributed by atoms with Gasteiger partial charge in [0.2, 0.25) is 0 Å². The van der Waals surface area contributed by atoms with Gasteiger partial charge in [-0.15, -0.1) is 0 Å². The number of ether oxygens (including phenoxy) is 2. The number of hydrogen-bond donors (Lipinski definition) is 0. The smallest absolute Gasteiger partial charge is 0.161 e. The number of hydrogen-bond acceptors (Lipinski definition) is 4.